The van der Waals surface area contributed by atoms with Crippen LogP contribution in [0.4, 0.5) is 18.9 Å². The Kier molecular flexibility index (Phi) is 10.7. The highest BCUT2D eigenvalue weighted by Crippen LogP contribution is 2.40. The summed E-state index contributed by atoms with van der Waals surface area (Å²) in [4.78, 5) is 26.7. The van der Waals surface area contributed by atoms with Crippen molar-refractivity contribution >= 4 is 35.0 Å². The molecule has 9 nitrogen and oxygen atoms in total. The van der Waals surface area contributed by atoms with Crippen LogP contribution in [0, 0.1) is 4.91 Å². The SMILES string of the molecule is CCNCCNC(=N/C)/C(=C/c1ccc(Oc2ccc(C(F)(F)F)cc2[N+](=O)O)c(OC)c1)SC=O. The van der Waals surface area contributed by atoms with E-state index < -0.39 is 22.4 Å². The number of rotatable bonds is 12. The standard InChI is InChI=1S/C23H26F3N4O5S/c1-4-28-9-10-29-22(27-2)21(36-14-31)12-15-5-7-19(20(11-15)34-3)35-18-8-6-16(23(24,25)26)13-17(18)30(32)33/h5-8,11-14,28H,4,9-10H2,1-3H3,(H,27,29)(H,32,33)/q+1/b21-12-. The monoisotopic (exact) mass is 527 g/mol. The molecule has 0 saturated carbocycles. The third kappa shape index (κ3) is 7.99. The van der Waals surface area contributed by atoms with Crippen LogP contribution in [0.5, 0.6) is 17.2 Å². The molecule has 3 N–H and O–H groups in total. The van der Waals surface area contributed by atoms with E-state index >= 15 is 0 Å². The van der Waals surface area contributed by atoms with E-state index in [1.165, 1.54) is 13.2 Å². The second-order valence-electron chi connectivity index (χ2n) is 7.04. The minimum Gasteiger partial charge on any atom is -0.493 e. The van der Waals surface area contributed by atoms with Crippen molar-refractivity contribution in [1.82, 2.24) is 10.6 Å². The number of benzene rings is 2. The fourth-order valence-corrected chi connectivity index (χ4v) is 3.57. The van der Waals surface area contributed by atoms with Gasteiger partial charge in [0, 0.05) is 26.2 Å². The molecule has 0 amide bonds. The van der Waals surface area contributed by atoms with Gasteiger partial charge in [-0.15, -0.1) is 0 Å². The van der Waals surface area contributed by atoms with Crippen LogP contribution >= 0.6 is 11.8 Å². The summed E-state index contributed by atoms with van der Waals surface area (Å²) in [5.41, 5.74) is -0.570. The van der Waals surface area contributed by atoms with E-state index in [4.69, 9.17) is 9.47 Å². The zero-order valence-corrected chi connectivity index (χ0v) is 20.6. The number of carbonyl (C=O) groups excluding carboxylic acids is 1. The lowest BCUT2D eigenvalue weighted by Crippen LogP contribution is -2.32. The van der Waals surface area contributed by atoms with Crippen LogP contribution in [-0.4, -0.2) is 55.4 Å². The maximum absolute atomic E-state index is 13.0. The van der Waals surface area contributed by atoms with E-state index in [1.54, 1.807) is 25.3 Å². The van der Waals surface area contributed by atoms with Crippen LogP contribution < -0.4 is 20.1 Å². The summed E-state index contributed by atoms with van der Waals surface area (Å²) in [7, 11) is 2.95. The van der Waals surface area contributed by atoms with Crippen LogP contribution in [0.1, 0.15) is 18.1 Å². The summed E-state index contributed by atoms with van der Waals surface area (Å²) in [6, 6.07) is 6.79. The molecule has 0 spiro atoms. The third-order valence-electron chi connectivity index (χ3n) is 4.67. The molecule has 0 aliphatic heterocycles. The summed E-state index contributed by atoms with van der Waals surface area (Å²) in [5, 5.41) is 15.6. The Balaban J connectivity index is 2.37. The van der Waals surface area contributed by atoms with E-state index in [0.717, 1.165) is 30.4 Å². The number of alkyl halides is 3. The molecule has 0 unspecified atom stereocenters. The van der Waals surface area contributed by atoms with Gasteiger partial charge in [0.05, 0.1) is 22.5 Å². The van der Waals surface area contributed by atoms with E-state index in [2.05, 4.69) is 15.6 Å². The van der Waals surface area contributed by atoms with E-state index in [0.29, 0.717) is 41.1 Å². The first-order chi connectivity index (χ1) is 17.1. The lowest BCUT2D eigenvalue weighted by atomic mass is 10.1. The number of hydrogen-bond acceptors (Lipinski definition) is 7. The molecule has 0 aliphatic carbocycles. The molecule has 0 bridgehead atoms. The zero-order valence-electron chi connectivity index (χ0n) is 19.8. The first-order valence-corrected chi connectivity index (χ1v) is 11.5. The smallest absolute Gasteiger partial charge is 0.416 e. The number of carbonyl (C=O) groups is 1. The molecule has 0 heterocycles. The van der Waals surface area contributed by atoms with Gasteiger partial charge in [-0.3, -0.25) is 9.79 Å². The van der Waals surface area contributed by atoms with Crippen molar-refractivity contribution in [3.05, 3.63) is 57.3 Å². The fraction of sp³-hybridized carbons (Fsp3) is 0.304. The van der Waals surface area contributed by atoms with Crippen LogP contribution in [0.2, 0.25) is 0 Å². The maximum atomic E-state index is 13.0. The number of hydrogen-bond donors (Lipinski definition) is 3. The summed E-state index contributed by atoms with van der Waals surface area (Å²) in [6.07, 6.45) is -3.02. The number of nitrogens with zero attached hydrogens (tertiary/aromatic N) is 2. The van der Waals surface area contributed by atoms with Gasteiger partial charge in [-0.25, -0.2) is 5.21 Å². The topological polar surface area (TPSA) is 112 Å². The second-order valence-corrected chi connectivity index (χ2v) is 7.91. The van der Waals surface area contributed by atoms with Gasteiger partial charge in [0.15, 0.2) is 17.1 Å². The fourth-order valence-electron chi connectivity index (χ4n) is 2.99. The van der Waals surface area contributed by atoms with Gasteiger partial charge in [-0.2, -0.15) is 13.2 Å². The van der Waals surface area contributed by atoms with Crippen molar-refractivity contribution in [2.45, 2.75) is 13.1 Å². The Bertz CT molecular complexity index is 1140. The number of ether oxygens (including phenoxy) is 2. The highest BCUT2D eigenvalue weighted by molar-refractivity contribution is 8.16. The molecule has 0 aliphatic rings. The molecule has 0 radical (unpaired) electrons. The first kappa shape index (κ1) is 28.7. The Morgan fingerprint density at radius 2 is 1.89 bits per heavy atom. The normalized spacial score (nSPS) is 12.3. The molecule has 36 heavy (non-hydrogen) atoms. The summed E-state index contributed by atoms with van der Waals surface area (Å²) in [5.74, 6) is 0.465. The number of amidine groups is 1. The lowest BCUT2D eigenvalue weighted by molar-refractivity contribution is -0.730. The number of halogens is 3. The summed E-state index contributed by atoms with van der Waals surface area (Å²) >= 11 is 0.931. The van der Waals surface area contributed by atoms with Crippen LogP contribution in [-0.2, 0) is 11.0 Å². The van der Waals surface area contributed by atoms with Gasteiger partial charge in [-0.05, 0) is 42.4 Å². The number of thioether (sulfide) groups is 1. The lowest BCUT2D eigenvalue weighted by Gasteiger charge is -2.13. The number of nitrogens with one attached hydrogen (secondary N) is 2. The molecule has 194 valence electrons. The number of methoxy groups -OCH3 is 1. The third-order valence-corrected chi connectivity index (χ3v) is 5.34. The van der Waals surface area contributed by atoms with Crippen molar-refractivity contribution in [2.75, 3.05) is 33.8 Å². The number of likely N-dealkylation sites (N-methyl/N-ethyl adjacent to an activating group) is 1. The van der Waals surface area contributed by atoms with Crippen LogP contribution in [0.3, 0.4) is 0 Å². The van der Waals surface area contributed by atoms with Crippen LogP contribution in [0.25, 0.3) is 6.08 Å². The Morgan fingerprint density at radius 3 is 2.47 bits per heavy atom. The molecule has 0 atom stereocenters. The minimum absolute atomic E-state index is 0.0789. The van der Waals surface area contributed by atoms with Gasteiger partial charge in [0.1, 0.15) is 5.84 Å². The maximum Gasteiger partial charge on any atom is 0.416 e. The molecule has 0 aromatic heterocycles. The van der Waals surface area contributed by atoms with Crippen molar-refractivity contribution in [3.63, 3.8) is 0 Å². The molecule has 0 fully saturated rings. The predicted octanol–water partition coefficient (Wildman–Crippen LogP) is 4.80. The molecule has 2 aromatic carbocycles. The average Bonchev–Trinajstić information content (AvgIpc) is 2.84. The zero-order chi connectivity index (χ0) is 26.7. The quantitative estimate of drug-likeness (QED) is 0.119. The van der Waals surface area contributed by atoms with Gasteiger partial charge >= 0.3 is 11.9 Å². The first-order valence-electron chi connectivity index (χ1n) is 10.6. The Morgan fingerprint density at radius 1 is 1.17 bits per heavy atom. The van der Waals surface area contributed by atoms with Gasteiger partial charge in [0.25, 0.3) is 4.92 Å². The van der Waals surface area contributed by atoms with Gasteiger partial charge in [-0.1, -0.05) is 24.8 Å². The van der Waals surface area contributed by atoms with Crippen molar-refractivity contribution in [2.24, 2.45) is 4.99 Å². The summed E-state index contributed by atoms with van der Waals surface area (Å²) in [6.45, 7) is 4.10. The highest BCUT2D eigenvalue weighted by atomic mass is 32.2. The van der Waals surface area contributed by atoms with Crippen LogP contribution in [0.15, 0.2) is 46.3 Å². The molecular weight excluding hydrogens is 501 g/mol. The Labute approximate surface area is 209 Å². The van der Waals surface area contributed by atoms with Crippen molar-refractivity contribution in [1.29, 1.82) is 0 Å². The van der Waals surface area contributed by atoms with E-state index in [-0.39, 0.29) is 17.2 Å². The highest BCUT2D eigenvalue weighted by Gasteiger charge is 2.34. The molecular formula is C23H26F3N4O5S+. The van der Waals surface area contributed by atoms with Gasteiger partial charge < -0.3 is 20.1 Å². The summed E-state index contributed by atoms with van der Waals surface area (Å²) < 4.78 is 49.9. The molecule has 13 heteroatoms. The largest absolute Gasteiger partial charge is 0.493 e. The average molecular weight is 528 g/mol. The molecule has 0 saturated heterocycles. The second kappa shape index (κ2) is 13.5. The molecule has 2 aromatic rings. The van der Waals surface area contributed by atoms with Gasteiger partial charge in [0.2, 0.25) is 5.75 Å². The Hall–Kier alpha value is -3.58. The minimum atomic E-state index is -4.71. The van der Waals surface area contributed by atoms with E-state index in [1.807, 2.05) is 6.92 Å². The van der Waals surface area contributed by atoms with E-state index in [9.17, 15) is 28.1 Å². The molecule has 2 rings (SSSR count). The van der Waals surface area contributed by atoms with Crippen molar-refractivity contribution < 1.29 is 37.6 Å². The predicted molar refractivity (Wildman–Crippen MR) is 132 cm³/mol. The van der Waals surface area contributed by atoms with Crippen molar-refractivity contribution in [3.8, 4) is 17.2 Å². The number of aliphatic imine (C=N–C) groups is 1.